The monoisotopic (exact) mass is 433 g/mol. The van der Waals surface area contributed by atoms with E-state index < -0.39 is 17.6 Å². The molecule has 1 atom stereocenters. The summed E-state index contributed by atoms with van der Waals surface area (Å²) < 4.78 is 40.7. The molecule has 1 unspecified atom stereocenters. The number of hydrogen-bond donors (Lipinski definition) is 0. The van der Waals surface area contributed by atoms with Crippen LogP contribution < -0.4 is 0 Å². The van der Waals surface area contributed by atoms with Gasteiger partial charge in [-0.1, -0.05) is 60.2 Å². The number of likely N-dealkylation sites (N-methyl/N-ethyl adjacent to an activating group) is 2. The largest absolute Gasteiger partial charge is 0.313 e. The van der Waals surface area contributed by atoms with Crippen molar-refractivity contribution in [2.45, 2.75) is 24.8 Å². The quantitative estimate of drug-likeness (QED) is 0.622. The highest BCUT2D eigenvalue weighted by molar-refractivity contribution is 7.93. The van der Waals surface area contributed by atoms with E-state index in [-0.39, 0.29) is 11.0 Å². The molecule has 1 saturated heterocycles. The average molecular weight is 434 g/mol. The van der Waals surface area contributed by atoms with Gasteiger partial charge in [-0.15, -0.1) is 4.15 Å². The molecule has 0 radical (unpaired) electrons. The van der Waals surface area contributed by atoms with Gasteiger partial charge in [-0.3, -0.25) is 0 Å². The van der Waals surface area contributed by atoms with Crippen LogP contribution >= 0.6 is 7.58 Å². The molecule has 1 fully saturated rings. The first-order valence-electron chi connectivity index (χ1n) is 9.53. The third-order valence-electron chi connectivity index (χ3n) is 4.84. The van der Waals surface area contributed by atoms with Crippen molar-refractivity contribution in [2.24, 2.45) is 4.15 Å². The van der Waals surface area contributed by atoms with E-state index >= 15 is 0 Å². The van der Waals surface area contributed by atoms with Crippen molar-refractivity contribution < 1.29 is 12.9 Å². The predicted molar refractivity (Wildman–Crippen MR) is 119 cm³/mol. The highest BCUT2D eigenvalue weighted by Crippen LogP contribution is 2.61. The van der Waals surface area contributed by atoms with E-state index in [1.807, 2.05) is 79.8 Å². The van der Waals surface area contributed by atoms with E-state index in [0.717, 1.165) is 11.1 Å². The summed E-state index contributed by atoms with van der Waals surface area (Å²) in [6.45, 7) is 5.23. The van der Waals surface area contributed by atoms with Gasteiger partial charge in [0, 0.05) is 13.1 Å². The number of hydrogen-bond acceptors (Lipinski definition) is 3. The molecular formula is C21H28N3O3PS. The zero-order valence-corrected chi connectivity index (χ0v) is 19.0. The van der Waals surface area contributed by atoms with Crippen LogP contribution in [-0.2, 0) is 14.5 Å². The van der Waals surface area contributed by atoms with Crippen LogP contribution in [0.5, 0.6) is 0 Å². The van der Waals surface area contributed by atoms with Crippen LogP contribution in [0.15, 0.2) is 69.7 Å². The Bertz CT molecular complexity index is 1010. The Labute approximate surface area is 174 Å². The summed E-state index contributed by atoms with van der Waals surface area (Å²) in [5.74, 6) is 0. The molecule has 0 spiro atoms. The van der Waals surface area contributed by atoms with E-state index in [1.165, 1.54) is 0 Å². The molecule has 0 N–H and O–H groups in total. The molecule has 2 aromatic carbocycles. The maximum atomic E-state index is 13.1. The van der Waals surface area contributed by atoms with Crippen LogP contribution in [0.4, 0.5) is 0 Å². The number of aryl methyl sites for hydroxylation is 1. The number of nitrogens with zero attached hydrogens (tertiary/aromatic N) is 3. The van der Waals surface area contributed by atoms with Crippen LogP contribution in [-0.4, -0.2) is 51.0 Å². The zero-order chi connectivity index (χ0) is 21.1. The summed E-state index contributed by atoms with van der Waals surface area (Å²) in [4.78, 5) is 0.187. The second kappa shape index (κ2) is 8.94. The predicted octanol–water partition coefficient (Wildman–Crippen LogP) is 4.63. The molecule has 1 heterocycles. The lowest BCUT2D eigenvalue weighted by Crippen LogP contribution is -2.20. The summed E-state index contributed by atoms with van der Waals surface area (Å²) in [5.41, 5.74) is 2.06. The van der Waals surface area contributed by atoms with E-state index in [0.29, 0.717) is 13.1 Å². The number of sulfonamides is 1. The van der Waals surface area contributed by atoms with Gasteiger partial charge >= 0.3 is 0 Å². The van der Waals surface area contributed by atoms with Crippen molar-refractivity contribution >= 4 is 23.7 Å². The molecule has 0 saturated carbocycles. The van der Waals surface area contributed by atoms with Crippen molar-refractivity contribution in [3.8, 4) is 0 Å². The van der Waals surface area contributed by atoms with Gasteiger partial charge in [-0.25, -0.2) is 9.34 Å². The Kier molecular flexibility index (Phi) is 6.76. The Morgan fingerprint density at radius 2 is 1.62 bits per heavy atom. The van der Waals surface area contributed by atoms with Gasteiger partial charge in [0.15, 0.2) is 0 Å². The maximum Gasteiger partial charge on any atom is 0.285 e. The van der Waals surface area contributed by atoms with Gasteiger partial charge in [-0.05, 0) is 45.6 Å². The van der Waals surface area contributed by atoms with E-state index in [4.69, 9.17) is 4.52 Å². The molecule has 1 aliphatic rings. The van der Waals surface area contributed by atoms with Crippen molar-refractivity contribution in [1.29, 1.82) is 0 Å². The third kappa shape index (κ3) is 5.05. The minimum Gasteiger partial charge on any atom is -0.313 e. The smallest absolute Gasteiger partial charge is 0.285 e. The van der Waals surface area contributed by atoms with E-state index in [9.17, 15) is 8.42 Å². The lowest BCUT2D eigenvalue weighted by molar-refractivity contribution is 0.260. The fraction of sp³-hybridized carbons (Fsp3) is 0.333. The van der Waals surface area contributed by atoms with Crippen molar-refractivity contribution in [1.82, 2.24) is 9.34 Å². The fourth-order valence-corrected chi connectivity index (χ4v) is 8.27. The molecule has 0 bridgehead atoms. The second-order valence-electron chi connectivity index (χ2n) is 7.23. The van der Waals surface area contributed by atoms with Crippen molar-refractivity contribution in [3.05, 3.63) is 71.8 Å². The molecule has 2 aromatic rings. The molecule has 3 rings (SSSR count). The Morgan fingerprint density at radius 3 is 2.21 bits per heavy atom. The van der Waals surface area contributed by atoms with Crippen LogP contribution in [0.2, 0.25) is 0 Å². The van der Waals surface area contributed by atoms with Gasteiger partial charge in [0.1, 0.15) is 0 Å². The van der Waals surface area contributed by atoms with Crippen LogP contribution in [0, 0.1) is 6.92 Å². The summed E-state index contributed by atoms with van der Waals surface area (Å²) in [6.07, 6.45) is 3.61. The van der Waals surface area contributed by atoms with Gasteiger partial charge in [0.2, 0.25) is 7.58 Å². The van der Waals surface area contributed by atoms with Crippen LogP contribution in [0.25, 0.3) is 6.08 Å². The molecule has 8 heteroatoms. The Balaban J connectivity index is 1.95. The first-order valence-corrected chi connectivity index (χ1v) is 12.5. The first kappa shape index (κ1) is 21.9. The number of benzene rings is 2. The topological polar surface area (TPSA) is 62.2 Å². The Hall–Kier alpha value is -1.76. The van der Waals surface area contributed by atoms with Crippen molar-refractivity contribution in [3.63, 3.8) is 0 Å². The molecule has 156 valence electrons. The lowest BCUT2D eigenvalue weighted by atomic mass is 10.2. The molecule has 6 nitrogen and oxygen atoms in total. The highest BCUT2D eigenvalue weighted by atomic mass is 32.2. The molecular weight excluding hydrogens is 405 g/mol. The van der Waals surface area contributed by atoms with Gasteiger partial charge < -0.3 is 4.52 Å². The molecule has 29 heavy (non-hydrogen) atoms. The normalized spacial score (nSPS) is 18.9. The summed E-state index contributed by atoms with van der Waals surface area (Å²) in [6, 6.07) is 16.7. The third-order valence-corrected chi connectivity index (χ3v) is 10.2. The number of rotatable bonds is 6. The molecule has 1 aliphatic heterocycles. The maximum absolute atomic E-state index is 13.1. The summed E-state index contributed by atoms with van der Waals surface area (Å²) in [5, 5.41) is 0. The standard InChI is InChI=1S/C21H28N3O3PS/c1-18-10-14-21(15-11-18)29(25,26)22-28(23(3)16-17-24(28)4)27-19(2)12-13-20-8-6-5-7-9-20/h5-15,19H,16-17H2,1-4H3/b13-12+. The fourth-order valence-electron chi connectivity index (χ4n) is 3.08. The Morgan fingerprint density at radius 1 is 1.03 bits per heavy atom. The SMILES string of the molecule is Cc1ccc(S(=O)(=O)N=P2(OC(C)/C=C/c3ccccc3)N(C)CCN2C)cc1. The lowest BCUT2D eigenvalue weighted by Gasteiger charge is -2.32. The van der Waals surface area contributed by atoms with Crippen LogP contribution in [0.1, 0.15) is 18.1 Å². The summed E-state index contributed by atoms with van der Waals surface area (Å²) in [7, 11) is -2.96. The van der Waals surface area contributed by atoms with E-state index in [2.05, 4.69) is 4.15 Å². The highest BCUT2D eigenvalue weighted by Gasteiger charge is 2.40. The molecule has 0 aromatic heterocycles. The second-order valence-corrected chi connectivity index (χ2v) is 11.9. The van der Waals surface area contributed by atoms with E-state index in [1.54, 1.807) is 24.3 Å². The van der Waals surface area contributed by atoms with Gasteiger partial charge in [-0.2, -0.15) is 8.42 Å². The van der Waals surface area contributed by atoms with Crippen molar-refractivity contribution in [2.75, 3.05) is 27.2 Å². The minimum absolute atomic E-state index is 0.187. The average Bonchev–Trinajstić information content (AvgIpc) is 2.95. The summed E-state index contributed by atoms with van der Waals surface area (Å²) >= 11 is 0. The minimum atomic E-state index is -3.86. The molecule has 0 aliphatic carbocycles. The molecule has 0 amide bonds. The van der Waals surface area contributed by atoms with Crippen LogP contribution in [0.3, 0.4) is 0 Å². The zero-order valence-electron chi connectivity index (χ0n) is 17.3. The van der Waals surface area contributed by atoms with Gasteiger partial charge in [0.25, 0.3) is 10.0 Å². The first-order chi connectivity index (χ1) is 13.7. The van der Waals surface area contributed by atoms with Gasteiger partial charge in [0.05, 0.1) is 11.0 Å².